The van der Waals surface area contributed by atoms with E-state index in [2.05, 4.69) is 5.32 Å². The Morgan fingerprint density at radius 2 is 1.95 bits per heavy atom. The summed E-state index contributed by atoms with van der Waals surface area (Å²) in [6.07, 6.45) is 0.514. The molecule has 1 aromatic rings. The second-order valence-corrected chi connectivity index (χ2v) is 7.19. The van der Waals surface area contributed by atoms with Crippen molar-refractivity contribution in [3.8, 4) is 0 Å². The van der Waals surface area contributed by atoms with Crippen LogP contribution in [0.5, 0.6) is 0 Å². The highest BCUT2D eigenvalue weighted by molar-refractivity contribution is 7.91. The number of hydrogen-bond donors (Lipinski definition) is 1. The van der Waals surface area contributed by atoms with E-state index in [1.165, 1.54) is 4.90 Å². The third-order valence-corrected chi connectivity index (χ3v) is 5.13. The third-order valence-electron chi connectivity index (χ3n) is 3.38. The number of carbonyl (C=O) groups is 1. The maximum Gasteiger partial charge on any atom is 0.321 e. The molecular weight excluding hydrogens is 264 g/mol. The molecule has 1 saturated heterocycles. The largest absolute Gasteiger partial charge is 0.324 e. The number of carbonyl (C=O) groups excluding carboxylic acids is 1. The fraction of sp³-hybridized carbons (Fsp3) is 0.462. The highest BCUT2D eigenvalue weighted by Crippen LogP contribution is 2.17. The number of hydrogen-bond acceptors (Lipinski definition) is 3. The lowest BCUT2D eigenvalue weighted by molar-refractivity contribution is 0.209. The topological polar surface area (TPSA) is 66.5 Å². The monoisotopic (exact) mass is 282 g/mol. The summed E-state index contributed by atoms with van der Waals surface area (Å²) in [5.41, 5.74) is 1.83. The molecule has 1 aromatic carbocycles. The van der Waals surface area contributed by atoms with E-state index in [1.807, 2.05) is 31.2 Å². The van der Waals surface area contributed by atoms with Crippen molar-refractivity contribution in [3.05, 3.63) is 29.8 Å². The van der Waals surface area contributed by atoms with Crippen molar-refractivity contribution in [2.45, 2.75) is 19.4 Å². The number of anilines is 1. The number of urea groups is 1. The quantitative estimate of drug-likeness (QED) is 0.897. The zero-order valence-electron chi connectivity index (χ0n) is 11.1. The Morgan fingerprint density at radius 3 is 2.47 bits per heavy atom. The molecule has 1 N–H and O–H groups in total. The van der Waals surface area contributed by atoms with Gasteiger partial charge in [-0.05, 0) is 25.5 Å². The first-order valence-electron chi connectivity index (χ1n) is 6.18. The minimum atomic E-state index is -2.97. The van der Waals surface area contributed by atoms with Crippen LogP contribution >= 0.6 is 0 Å². The van der Waals surface area contributed by atoms with Gasteiger partial charge in [0.05, 0.1) is 11.5 Å². The average Bonchev–Trinajstić information content (AvgIpc) is 2.71. The first-order valence-corrected chi connectivity index (χ1v) is 8.00. The summed E-state index contributed by atoms with van der Waals surface area (Å²) in [4.78, 5) is 13.5. The Bertz CT molecular complexity index is 566. The summed E-state index contributed by atoms with van der Waals surface area (Å²) in [6.45, 7) is 1.97. The highest BCUT2D eigenvalue weighted by atomic mass is 32.2. The second kappa shape index (κ2) is 5.21. The molecule has 2 rings (SSSR count). The van der Waals surface area contributed by atoms with Gasteiger partial charge in [-0.2, -0.15) is 0 Å². The molecule has 0 saturated carbocycles. The molecular formula is C13H18N2O3S. The van der Waals surface area contributed by atoms with Crippen LogP contribution in [0.3, 0.4) is 0 Å². The zero-order chi connectivity index (χ0) is 14.0. The number of nitrogens with one attached hydrogen (secondary N) is 1. The first-order chi connectivity index (χ1) is 8.87. The fourth-order valence-electron chi connectivity index (χ4n) is 2.10. The Labute approximate surface area is 113 Å². The molecule has 0 radical (unpaired) electrons. The number of amides is 2. The lowest BCUT2D eigenvalue weighted by Crippen LogP contribution is -2.40. The molecule has 6 heteroatoms. The maximum atomic E-state index is 12.0. The number of sulfone groups is 1. The van der Waals surface area contributed by atoms with Gasteiger partial charge in [0.2, 0.25) is 0 Å². The van der Waals surface area contributed by atoms with Crippen LogP contribution in [0.1, 0.15) is 12.0 Å². The van der Waals surface area contributed by atoms with Crippen LogP contribution in [0.4, 0.5) is 10.5 Å². The Balaban J connectivity index is 1.98. The van der Waals surface area contributed by atoms with Crippen LogP contribution in [0.25, 0.3) is 0 Å². The molecule has 104 valence electrons. The molecule has 0 aliphatic carbocycles. The Kier molecular flexibility index (Phi) is 3.80. The van der Waals surface area contributed by atoms with E-state index in [0.717, 1.165) is 5.56 Å². The summed E-state index contributed by atoms with van der Waals surface area (Å²) in [6, 6.07) is 6.98. The lowest BCUT2D eigenvalue weighted by atomic mass is 10.2. The summed E-state index contributed by atoms with van der Waals surface area (Å²) >= 11 is 0. The standard InChI is InChI=1S/C13H18N2O3S/c1-10-3-5-11(6-4-10)14-13(16)15(2)12-7-8-19(17,18)9-12/h3-6,12H,7-9H2,1-2H3,(H,14,16)/t12-/m1/s1. The minimum Gasteiger partial charge on any atom is -0.324 e. The zero-order valence-corrected chi connectivity index (χ0v) is 11.9. The van der Waals surface area contributed by atoms with E-state index in [0.29, 0.717) is 12.1 Å². The van der Waals surface area contributed by atoms with E-state index < -0.39 is 9.84 Å². The number of nitrogens with zero attached hydrogens (tertiary/aromatic N) is 1. The van der Waals surface area contributed by atoms with Gasteiger partial charge >= 0.3 is 6.03 Å². The normalized spacial score (nSPS) is 21.1. The minimum absolute atomic E-state index is 0.0603. The second-order valence-electron chi connectivity index (χ2n) is 4.96. The molecule has 2 amide bonds. The fourth-order valence-corrected chi connectivity index (χ4v) is 3.87. The molecule has 1 aliphatic rings. The molecule has 5 nitrogen and oxygen atoms in total. The van der Waals surface area contributed by atoms with Crippen molar-refractivity contribution in [2.75, 3.05) is 23.9 Å². The molecule has 0 spiro atoms. The van der Waals surface area contributed by atoms with Crippen molar-refractivity contribution >= 4 is 21.6 Å². The SMILES string of the molecule is Cc1ccc(NC(=O)N(C)[C@@H]2CCS(=O)(=O)C2)cc1. The summed E-state index contributed by atoms with van der Waals surface area (Å²) in [7, 11) is -1.34. The van der Waals surface area contributed by atoms with Crippen LogP contribution in [-0.4, -0.2) is 43.9 Å². The molecule has 1 atom stereocenters. The smallest absolute Gasteiger partial charge is 0.321 e. The highest BCUT2D eigenvalue weighted by Gasteiger charge is 2.32. The van der Waals surface area contributed by atoms with E-state index in [9.17, 15) is 13.2 Å². The van der Waals surface area contributed by atoms with E-state index >= 15 is 0 Å². The van der Waals surface area contributed by atoms with Crippen LogP contribution in [0.15, 0.2) is 24.3 Å². The van der Waals surface area contributed by atoms with Gasteiger partial charge < -0.3 is 10.2 Å². The van der Waals surface area contributed by atoms with Gasteiger partial charge in [0.15, 0.2) is 9.84 Å². The Morgan fingerprint density at radius 1 is 1.32 bits per heavy atom. The van der Waals surface area contributed by atoms with Crippen molar-refractivity contribution in [1.82, 2.24) is 4.90 Å². The van der Waals surface area contributed by atoms with Crippen LogP contribution in [-0.2, 0) is 9.84 Å². The molecule has 1 fully saturated rings. The molecule has 0 unspecified atom stereocenters. The molecule has 1 aliphatic heterocycles. The van der Waals surface area contributed by atoms with Gasteiger partial charge in [-0.3, -0.25) is 0 Å². The van der Waals surface area contributed by atoms with E-state index in [1.54, 1.807) is 7.05 Å². The van der Waals surface area contributed by atoms with E-state index in [-0.39, 0.29) is 23.6 Å². The van der Waals surface area contributed by atoms with Crippen LogP contribution < -0.4 is 5.32 Å². The number of rotatable bonds is 2. The van der Waals surface area contributed by atoms with Crippen molar-refractivity contribution in [2.24, 2.45) is 0 Å². The number of aryl methyl sites for hydroxylation is 1. The average molecular weight is 282 g/mol. The van der Waals surface area contributed by atoms with E-state index in [4.69, 9.17) is 0 Å². The summed E-state index contributed by atoms with van der Waals surface area (Å²) in [5, 5.41) is 2.77. The van der Waals surface area contributed by atoms with Gasteiger partial charge in [-0.15, -0.1) is 0 Å². The van der Waals surface area contributed by atoms with Gasteiger partial charge in [0, 0.05) is 18.8 Å². The first kappa shape index (κ1) is 13.9. The molecule has 0 aromatic heterocycles. The van der Waals surface area contributed by atoms with Gasteiger partial charge in [-0.25, -0.2) is 13.2 Å². The van der Waals surface area contributed by atoms with Gasteiger partial charge in [-0.1, -0.05) is 17.7 Å². The Hall–Kier alpha value is -1.56. The van der Waals surface area contributed by atoms with Crippen LogP contribution in [0.2, 0.25) is 0 Å². The molecule has 19 heavy (non-hydrogen) atoms. The maximum absolute atomic E-state index is 12.0. The predicted octanol–water partition coefficient (Wildman–Crippen LogP) is 1.65. The molecule has 1 heterocycles. The van der Waals surface area contributed by atoms with Crippen molar-refractivity contribution in [1.29, 1.82) is 0 Å². The number of benzene rings is 1. The van der Waals surface area contributed by atoms with Crippen molar-refractivity contribution in [3.63, 3.8) is 0 Å². The third kappa shape index (κ3) is 3.47. The van der Waals surface area contributed by atoms with Gasteiger partial charge in [0.1, 0.15) is 0 Å². The van der Waals surface area contributed by atoms with Gasteiger partial charge in [0.25, 0.3) is 0 Å². The van der Waals surface area contributed by atoms with Crippen LogP contribution in [0, 0.1) is 6.92 Å². The molecule has 0 bridgehead atoms. The predicted molar refractivity (Wildman–Crippen MR) is 75.0 cm³/mol. The summed E-state index contributed by atoms with van der Waals surface area (Å²) in [5.74, 6) is 0.227. The summed E-state index contributed by atoms with van der Waals surface area (Å²) < 4.78 is 22.8. The van der Waals surface area contributed by atoms with Crippen molar-refractivity contribution < 1.29 is 13.2 Å². The lowest BCUT2D eigenvalue weighted by Gasteiger charge is -2.23.